The van der Waals surface area contributed by atoms with E-state index in [4.69, 9.17) is 10.5 Å². The predicted octanol–water partition coefficient (Wildman–Crippen LogP) is 4.59. The van der Waals surface area contributed by atoms with Gasteiger partial charge in [0, 0.05) is 4.90 Å². The lowest BCUT2D eigenvalue weighted by Gasteiger charge is -2.22. The van der Waals surface area contributed by atoms with Crippen LogP contribution >= 0.6 is 11.8 Å². The summed E-state index contributed by atoms with van der Waals surface area (Å²) in [5.74, 6) is 0. The fourth-order valence-electron chi connectivity index (χ4n) is 2.24. The third-order valence-corrected chi connectivity index (χ3v) is 4.30. The van der Waals surface area contributed by atoms with Gasteiger partial charge in [0.05, 0.1) is 11.3 Å². The van der Waals surface area contributed by atoms with Gasteiger partial charge in [-0.2, -0.15) is 29.0 Å². The largest absolute Gasteiger partial charge is 0.431 e. The van der Waals surface area contributed by atoms with Crippen LogP contribution in [-0.2, 0) is 0 Å². The van der Waals surface area contributed by atoms with Crippen molar-refractivity contribution in [3.63, 3.8) is 0 Å². The zero-order valence-corrected chi connectivity index (χ0v) is 14.7. The highest BCUT2D eigenvalue weighted by Crippen LogP contribution is 2.33. The molecule has 0 amide bonds. The van der Waals surface area contributed by atoms with Crippen molar-refractivity contribution in [2.45, 2.75) is 11.1 Å². The molecule has 8 heteroatoms. The SMILES string of the molecule is CSc1ccc(/C=C\C2=C(C#N)C(=C(C#N)C#N)NC(C(F)(F)F)=C2)cc1. The van der Waals surface area contributed by atoms with E-state index in [1.165, 1.54) is 18.2 Å². The standard InChI is InChI=1S/C19H11F3N4S/c1-27-15-6-3-12(4-7-15)2-5-13-8-17(19(20,21)22)26-18(16(13)11-25)14(9-23)10-24/h2-8,26H,1H3/b5-2-. The van der Waals surface area contributed by atoms with Crippen molar-refractivity contribution in [2.75, 3.05) is 6.26 Å². The van der Waals surface area contributed by atoms with Gasteiger partial charge < -0.3 is 5.32 Å². The van der Waals surface area contributed by atoms with Crippen molar-refractivity contribution in [2.24, 2.45) is 0 Å². The summed E-state index contributed by atoms with van der Waals surface area (Å²) >= 11 is 1.55. The average molecular weight is 384 g/mol. The number of nitrogens with one attached hydrogen (secondary N) is 1. The summed E-state index contributed by atoms with van der Waals surface area (Å²) in [5, 5.41) is 29.4. The van der Waals surface area contributed by atoms with Crippen LogP contribution in [0, 0.1) is 34.0 Å². The normalized spacial score (nSPS) is 14.1. The highest BCUT2D eigenvalue weighted by molar-refractivity contribution is 7.98. The van der Waals surface area contributed by atoms with Gasteiger partial charge in [-0.3, -0.25) is 0 Å². The zero-order chi connectivity index (χ0) is 20.0. The molecule has 1 aromatic carbocycles. The summed E-state index contributed by atoms with van der Waals surface area (Å²) in [6.45, 7) is 0. The second-order valence-electron chi connectivity index (χ2n) is 5.20. The Balaban J connectivity index is 2.59. The molecule has 0 saturated carbocycles. The Hall–Kier alpha value is -3.41. The molecule has 0 aromatic heterocycles. The lowest BCUT2D eigenvalue weighted by Crippen LogP contribution is -2.30. The smallest absolute Gasteiger partial charge is 0.349 e. The van der Waals surface area contributed by atoms with Gasteiger partial charge in [0.25, 0.3) is 0 Å². The van der Waals surface area contributed by atoms with E-state index in [-0.39, 0.29) is 11.1 Å². The maximum Gasteiger partial charge on any atom is 0.431 e. The summed E-state index contributed by atoms with van der Waals surface area (Å²) in [5.41, 5.74) is -1.73. The number of allylic oxidation sites excluding steroid dienone is 6. The average Bonchev–Trinajstić information content (AvgIpc) is 2.66. The Morgan fingerprint density at radius 1 is 1.07 bits per heavy atom. The van der Waals surface area contributed by atoms with Crippen molar-refractivity contribution < 1.29 is 13.2 Å². The molecule has 4 nitrogen and oxygen atoms in total. The van der Waals surface area contributed by atoms with E-state index < -0.39 is 23.1 Å². The van der Waals surface area contributed by atoms with Gasteiger partial charge in [-0.25, -0.2) is 0 Å². The highest BCUT2D eigenvalue weighted by atomic mass is 32.2. The van der Waals surface area contributed by atoms with Crippen LogP contribution in [0.15, 0.2) is 69.4 Å². The third kappa shape index (κ3) is 4.61. The number of thioether (sulfide) groups is 1. The molecule has 1 aliphatic heterocycles. The number of hydrogen-bond donors (Lipinski definition) is 1. The molecule has 1 heterocycles. The summed E-state index contributed by atoms with van der Waals surface area (Å²) in [6.07, 6.45) is 0.875. The number of nitriles is 3. The maximum atomic E-state index is 13.2. The van der Waals surface area contributed by atoms with Crippen LogP contribution in [0.4, 0.5) is 13.2 Å². The second kappa shape index (κ2) is 8.31. The molecule has 0 radical (unpaired) electrons. The first kappa shape index (κ1) is 19.9. The minimum atomic E-state index is -4.73. The molecular formula is C19H11F3N4S. The molecule has 0 fully saturated rings. The predicted molar refractivity (Wildman–Crippen MR) is 95.4 cm³/mol. The van der Waals surface area contributed by atoms with Crippen molar-refractivity contribution in [3.05, 3.63) is 70.1 Å². The summed E-state index contributed by atoms with van der Waals surface area (Å²) in [4.78, 5) is 1.03. The van der Waals surface area contributed by atoms with Crippen molar-refractivity contribution in [3.8, 4) is 18.2 Å². The van der Waals surface area contributed by atoms with Gasteiger partial charge in [0.2, 0.25) is 0 Å². The van der Waals surface area contributed by atoms with Crippen LogP contribution in [0.2, 0.25) is 0 Å². The fourth-order valence-corrected chi connectivity index (χ4v) is 2.64. The number of hydrogen-bond acceptors (Lipinski definition) is 5. The first-order chi connectivity index (χ1) is 12.8. The minimum absolute atomic E-state index is 0.0458. The van der Waals surface area contributed by atoms with Crippen LogP contribution < -0.4 is 5.32 Å². The molecule has 1 aliphatic rings. The summed E-state index contributed by atoms with van der Waals surface area (Å²) < 4.78 is 39.6. The van der Waals surface area contributed by atoms with Crippen LogP contribution in [0.1, 0.15) is 5.56 Å². The summed E-state index contributed by atoms with van der Waals surface area (Å²) in [6, 6.07) is 12.1. The van der Waals surface area contributed by atoms with Gasteiger partial charge in [0.15, 0.2) is 5.57 Å². The van der Waals surface area contributed by atoms with E-state index in [9.17, 15) is 18.4 Å². The lowest BCUT2D eigenvalue weighted by molar-refractivity contribution is -0.0959. The quantitative estimate of drug-likeness (QED) is 0.609. The van der Waals surface area contributed by atoms with Gasteiger partial charge in [-0.15, -0.1) is 11.8 Å². The molecule has 1 aromatic rings. The van der Waals surface area contributed by atoms with E-state index in [1.807, 2.05) is 23.7 Å². The van der Waals surface area contributed by atoms with Gasteiger partial charge >= 0.3 is 6.18 Å². The minimum Gasteiger partial charge on any atom is -0.349 e. The Morgan fingerprint density at radius 2 is 1.70 bits per heavy atom. The van der Waals surface area contributed by atoms with E-state index in [0.29, 0.717) is 0 Å². The number of nitrogens with zero attached hydrogens (tertiary/aromatic N) is 3. The Labute approximate surface area is 158 Å². The highest BCUT2D eigenvalue weighted by Gasteiger charge is 2.37. The molecule has 2 rings (SSSR count). The Morgan fingerprint density at radius 3 is 2.19 bits per heavy atom. The van der Waals surface area contributed by atoms with E-state index in [1.54, 1.807) is 36.0 Å². The van der Waals surface area contributed by atoms with Gasteiger partial charge in [0.1, 0.15) is 23.9 Å². The topological polar surface area (TPSA) is 83.4 Å². The number of halogens is 3. The Kier molecular flexibility index (Phi) is 6.13. The Bertz CT molecular complexity index is 976. The molecule has 134 valence electrons. The van der Waals surface area contributed by atoms with Crippen molar-refractivity contribution in [1.29, 1.82) is 15.8 Å². The molecule has 0 bridgehead atoms. The van der Waals surface area contributed by atoms with E-state index in [0.717, 1.165) is 16.5 Å². The first-order valence-electron chi connectivity index (χ1n) is 7.41. The molecule has 0 aliphatic carbocycles. The van der Waals surface area contributed by atoms with Crippen LogP contribution in [0.5, 0.6) is 0 Å². The molecule has 0 saturated heterocycles. The number of dihydropyridines is 1. The van der Waals surface area contributed by atoms with Gasteiger partial charge in [-0.1, -0.05) is 24.3 Å². The first-order valence-corrected chi connectivity index (χ1v) is 8.63. The lowest BCUT2D eigenvalue weighted by atomic mass is 9.97. The number of benzene rings is 1. The summed E-state index contributed by atoms with van der Waals surface area (Å²) in [7, 11) is 0. The van der Waals surface area contributed by atoms with E-state index >= 15 is 0 Å². The third-order valence-electron chi connectivity index (χ3n) is 3.56. The van der Waals surface area contributed by atoms with E-state index in [2.05, 4.69) is 0 Å². The molecule has 0 atom stereocenters. The maximum absolute atomic E-state index is 13.2. The van der Waals surface area contributed by atoms with Crippen molar-refractivity contribution in [1.82, 2.24) is 5.32 Å². The number of rotatable bonds is 3. The second-order valence-corrected chi connectivity index (χ2v) is 6.08. The van der Waals surface area contributed by atoms with Gasteiger partial charge in [-0.05, 0) is 35.6 Å². The monoisotopic (exact) mass is 384 g/mol. The zero-order valence-electron chi connectivity index (χ0n) is 13.9. The van der Waals surface area contributed by atoms with Crippen LogP contribution in [0.25, 0.3) is 6.08 Å². The fraction of sp³-hybridized carbons (Fsp3) is 0.105. The van der Waals surface area contributed by atoms with Crippen LogP contribution in [-0.4, -0.2) is 12.4 Å². The van der Waals surface area contributed by atoms with Crippen LogP contribution in [0.3, 0.4) is 0 Å². The molecule has 0 unspecified atom stereocenters. The molecule has 0 spiro atoms. The molecule has 1 N–H and O–H groups in total. The molecular weight excluding hydrogens is 373 g/mol. The molecule has 27 heavy (non-hydrogen) atoms. The van der Waals surface area contributed by atoms with Crippen molar-refractivity contribution >= 4 is 17.8 Å². The number of alkyl halides is 3.